The summed E-state index contributed by atoms with van der Waals surface area (Å²) in [5.41, 5.74) is 2.02. The van der Waals surface area contributed by atoms with Gasteiger partial charge >= 0.3 is 0 Å². The van der Waals surface area contributed by atoms with Crippen LogP contribution in [0.25, 0.3) is 11.5 Å². The number of amides is 1. The van der Waals surface area contributed by atoms with Gasteiger partial charge < -0.3 is 14.8 Å². The van der Waals surface area contributed by atoms with Crippen molar-refractivity contribution in [2.45, 2.75) is 39.7 Å². The molecule has 1 amide bonds. The summed E-state index contributed by atoms with van der Waals surface area (Å²) in [4.78, 5) is 11.7. The van der Waals surface area contributed by atoms with Crippen molar-refractivity contribution in [1.29, 1.82) is 0 Å². The van der Waals surface area contributed by atoms with Crippen molar-refractivity contribution in [2.75, 3.05) is 6.54 Å². The highest BCUT2D eigenvalue weighted by molar-refractivity contribution is 5.76. The number of nitrogens with one attached hydrogen (secondary N) is 1. The van der Waals surface area contributed by atoms with E-state index in [1.807, 2.05) is 45.0 Å². The highest BCUT2D eigenvalue weighted by Gasteiger charge is 2.13. The average molecular weight is 317 g/mol. The lowest BCUT2D eigenvalue weighted by atomic mass is 10.1. The standard InChI is InChI=1S/C17H23N3O3/c1-11(2)14(21)10-18-15(22)8-9-16-19-20-17(23-16)13-6-4-12(3)5-7-13/h4-7,11,14,21H,8-10H2,1-3H3,(H,18,22). The zero-order valence-corrected chi connectivity index (χ0v) is 13.7. The maximum atomic E-state index is 11.7. The maximum absolute atomic E-state index is 11.7. The summed E-state index contributed by atoms with van der Waals surface area (Å²) in [7, 11) is 0. The molecule has 6 heteroatoms. The second-order valence-electron chi connectivity index (χ2n) is 5.98. The molecule has 1 unspecified atom stereocenters. The van der Waals surface area contributed by atoms with Gasteiger partial charge in [0.1, 0.15) is 0 Å². The predicted molar refractivity (Wildman–Crippen MR) is 86.6 cm³/mol. The minimum atomic E-state index is -0.532. The van der Waals surface area contributed by atoms with Gasteiger partial charge in [-0.3, -0.25) is 4.79 Å². The van der Waals surface area contributed by atoms with E-state index < -0.39 is 6.10 Å². The smallest absolute Gasteiger partial charge is 0.247 e. The Hall–Kier alpha value is -2.21. The fraction of sp³-hybridized carbons (Fsp3) is 0.471. The second-order valence-corrected chi connectivity index (χ2v) is 5.98. The van der Waals surface area contributed by atoms with Gasteiger partial charge in [0.05, 0.1) is 6.10 Å². The van der Waals surface area contributed by atoms with E-state index >= 15 is 0 Å². The Morgan fingerprint density at radius 2 is 1.96 bits per heavy atom. The molecule has 2 N–H and O–H groups in total. The average Bonchev–Trinajstić information content (AvgIpc) is 3.00. The summed E-state index contributed by atoms with van der Waals surface area (Å²) in [6.45, 7) is 6.08. The van der Waals surface area contributed by atoms with Crippen LogP contribution in [0.2, 0.25) is 0 Å². The van der Waals surface area contributed by atoms with Crippen LogP contribution < -0.4 is 5.32 Å². The minimum absolute atomic E-state index is 0.114. The third kappa shape index (κ3) is 5.17. The van der Waals surface area contributed by atoms with Crippen molar-refractivity contribution in [3.63, 3.8) is 0 Å². The van der Waals surface area contributed by atoms with Crippen LogP contribution in [0.3, 0.4) is 0 Å². The normalized spacial score (nSPS) is 12.4. The summed E-state index contributed by atoms with van der Waals surface area (Å²) in [5, 5.41) is 20.3. The summed E-state index contributed by atoms with van der Waals surface area (Å²) in [5.74, 6) is 0.860. The van der Waals surface area contributed by atoms with Crippen LogP contribution in [-0.4, -0.2) is 33.9 Å². The van der Waals surface area contributed by atoms with Crippen molar-refractivity contribution in [3.8, 4) is 11.5 Å². The molecule has 6 nitrogen and oxygen atoms in total. The number of hydrogen-bond donors (Lipinski definition) is 2. The fourth-order valence-corrected chi connectivity index (χ4v) is 1.93. The number of rotatable bonds is 7. The molecule has 2 aromatic rings. The lowest BCUT2D eigenvalue weighted by Crippen LogP contribution is -2.34. The summed E-state index contributed by atoms with van der Waals surface area (Å²) < 4.78 is 5.57. The van der Waals surface area contributed by atoms with Crippen LogP contribution in [0.4, 0.5) is 0 Å². The SMILES string of the molecule is Cc1ccc(-c2nnc(CCC(=O)NCC(O)C(C)C)o2)cc1. The van der Waals surface area contributed by atoms with Crippen molar-refractivity contribution in [2.24, 2.45) is 5.92 Å². The van der Waals surface area contributed by atoms with Crippen molar-refractivity contribution < 1.29 is 14.3 Å². The van der Waals surface area contributed by atoms with E-state index in [0.29, 0.717) is 18.2 Å². The molecule has 0 saturated heterocycles. The zero-order valence-electron chi connectivity index (χ0n) is 13.7. The molecule has 0 radical (unpaired) electrons. The molecule has 1 atom stereocenters. The van der Waals surface area contributed by atoms with E-state index in [2.05, 4.69) is 15.5 Å². The molecule has 0 saturated carbocycles. The first-order chi connectivity index (χ1) is 11.0. The van der Waals surface area contributed by atoms with E-state index in [-0.39, 0.29) is 24.8 Å². The molecule has 2 rings (SSSR count). The topological polar surface area (TPSA) is 88.2 Å². The number of aliphatic hydroxyl groups is 1. The predicted octanol–water partition coefficient (Wildman–Crippen LogP) is 2.11. The van der Waals surface area contributed by atoms with Gasteiger partial charge in [0.15, 0.2) is 0 Å². The van der Waals surface area contributed by atoms with Crippen molar-refractivity contribution in [3.05, 3.63) is 35.7 Å². The van der Waals surface area contributed by atoms with Gasteiger partial charge in [0.2, 0.25) is 17.7 Å². The molecule has 0 fully saturated rings. The number of carbonyl (C=O) groups excluding carboxylic acids is 1. The number of nitrogens with zero attached hydrogens (tertiary/aromatic N) is 2. The molecule has 1 aromatic carbocycles. The molecule has 0 bridgehead atoms. The van der Waals surface area contributed by atoms with Crippen LogP contribution in [0.5, 0.6) is 0 Å². The Balaban J connectivity index is 1.83. The third-order valence-electron chi connectivity index (χ3n) is 3.61. The van der Waals surface area contributed by atoms with Crippen LogP contribution in [0.15, 0.2) is 28.7 Å². The van der Waals surface area contributed by atoms with Crippen LogP contribution in [0.1, 0.15) is 31.7 Å². The number of hydrogen-bond acceptors (Lipinski definition) is 5. The van der Waals surface area contributed by atoms with Crippen LogP contribution in [0, 0.1) is 12.8 Å². The lowest BCUT2D eigenvalue weighted by Gasteiger charge is -2.14. The molecule has 23 heavy (non-hydrogen) atoms. The molecule has 124 valence electrons. The number of aliphatic hydroxyl groups excluding tert-OH is 1. The number of carbonyl (C=O) groups is 1. The van der Waals surface area contributed by atoms with Gasteiger partial charge in [-0.05, 0) is 25.0 Å². The Labute approximate surface area is 135 Å². The number of benzene rings is 1. The van der Waals surface area contributed by atoms with Gasteiger partial charge in [-0.25, -0.2) is 0 Å². The van der Waals surface area contributed by atoms with Crippen molar-refractivity contribution in [1.82, 2.24) is 15.5 Å². The first-order valence-corrected chi connectivity index (χ1v) is 7.80. The van der Waals surface area contributed by atoms with E-state index in [1.165, 1.54) is 0 Å². The molecule has 1 aromatic heterocycles. The quantitative estimate of drug-likeness (QED) is 0.816. The first kappa shape index (κ1) is 17.1. The van der Waals surface area contributed by atoms with Gasteiger partial charge in [-0.1, -0.05) is 31.5 Å². The maximum Gasteiger partial charge on any atom is 0.247 e. The first-order valence-electron chi connectivity index (χ1n) is 7.80. The molecule has 0 aliphatic rings. The van der Waals surface area contributed by atoms with Crippen LogP contribution in [-0.2, 0) is 11.2 Å². The van der Waals surface area contributed by atoms with E-state index in [0.717, 1.165) is 11.1 Å². The van der Waals surface area contributed by atoms with Gasteiger partial charge in [-0.15, -0.1) is 10.2 Å². The van der Waals surface area contributed by atoms with E-state index in [4.69, 9.17) is 4.42 Å². The summed E-state index contributed by atoms with van der Waals surface area (Å²) >= 11 is 0. The van der Waals surface area contributed by atoms with Crippen LogP contribution >= 0.6 is 0 Å². The largest absolute Gasteiger partial charge is 0.421 e. The summed E-state index contributed by atoms with van der Waals surface area (Å²) in [6, 6.07) is 7.80. The molecule has 0 aliphatic heterocycles. The Bertz CT molecular complexity index is 635. The molecule has 0 aliphatic carbocycles. The van der Waals surface area contributed by atoms with Gasteiger partial charge in [0.25, 0.3) is 0 Å². The highest BCUT2D eigenvalue weighted by atomic mass is 16.4. The van der Waals surface area contributed by atoms with Crippen molar-refractivity contribution >= 4 is 5.91 Å². The lowest BCUT2D eigenvalue weighted by molar-refractivity contribution is -0.121. The Morgan fingerprint density at radius 3 is 2.61 bits per heavy atom. The third-order valence-corrected chi connectivity index (χ3v) is 3.61. The van der Waals surface area contributed by atoms with Gasteiger partial charge in [0, 0.05) is 24.9 Å². The molecular weight excluding hydrogens is 294 g/mol. The Kier molecular flexibility index (Phi) is 5.87. The Morgan fingerprint density at radius 1 is 1.26 bits per heavy atom. The number of aromatic nitrogens is 2. The molecule has 0 spiro atoms. The molecule has 1 heterocycles. The monoisotopic (exact) mass is 317 g/mol. The molecular formula is C17H23N3O3. The minimum Gasteiger partial charge on any atom is -0.421 e. The highest BCUT2D eigenvalue weighted by Crippen LogP contribution is 2.18. The van der Waals surface area contributed by atoms with E-state index in [9.17, 15) is 9.90 Å². The fourth-order valence-electron chi connectivity index (χ4n) is 1.93. The zero-order chi connectivity index (χ0) is 16.8. The summed E-state index contributed by atoms with van der Waals surface area (Å²) in [6.07, 6.45) is 0.0958. The number of aryl methyl sites for hydroxylation is 2. The van der Waals surface area contributed by atoms with E-state index in [1.54, 1.807) is 0 Å². The second kappa shape index (κ2) is 7.87. The van der Waals surface area contributed by atoms with Gasteiger partial charge in [-0.2, -0.15) is 0 Å².